The van der Waals surface area contributed by atoms with Crippen LogP contribution in [0, 0.1) is 0 Å². The van der Waals surface area contributed by atoms with Crippen LogP contribution in [0.1, 0.15) is 0 Å². The quantitative estimate of drug-likeness (QED) is 0.310. The van der Waals surface area contributed by atoms with E-state index < -0.39 is 0 Å². The Balaban J connectivity index is 1.36. The number of aromatic nitrogens is 3. The predicted octanol–water partition coefficient (Wildman–Crippen LogP) is 7.33. The fourth-order valence-electron chi connectivity index (χ4n) is 3.23. The van der Waals surface area contributed by atoms with Crippen LogP contribution in [-0.4, -0.2) is 15.2 Å². The second-order valence-corrected chi connectivity index (χ2v) is 8.16. The summed E-state index contributed by atoms with van der Waals surface area (Å²) in [5, 5.41) is 15.6. The van der Waals surface area contributed by atoms with Gasteiger partial charge < -0.3 is 5.32 Å². The molecule has 5 aromatic rings. The van der Waals surface area contributed by atoms with Crippen molar-refractivity contribution in [2.24, 2.45) is 0 Å². The maximum Gasteiger partial charge on any atom is 0.153 e. The first kappa shape index (κ1) is 19.4. The molecule has 0 aliphatic rings. The first-order chi connectivity index (χ1) is 15.3. The highest BCUT2D eigenvalue weighted by atomic mass is 35.5. The highest BCUT2D eigenvalue weighted by molar-refractivity contribution is 7.13. The van der Waals surface area contributed by atoms with E-state index >= 15 is 0 Å². The van der Waals surface area contributed by atoms with Gasteiger partial charge in [0.1, 0.15) is 5.01 Å². The number of benzene rings is 3. The fourth-order valence-corrected chi connectivity index (χ4v) is 4.38. The van der Waals surface area contributed by atoms with E-state index in [4.69, 9.17) is 16.6 Å². The van der Waals surface area contributed by atoms with Crippen LogP contribution < -0.4 is 5.32 Å². The Bertz CT molecular complexity index is 1320. The molecule has 0 saturated carbocycles. The van der Waals surface area contributed by atoms with Gasteiger partial charge in [0.05, 0.1) is 16.4 Å². The topological polar surface area (TPSA) is 50.7 Å². The monoisotopic (exact) mass is 440 g/mol. The number of rotatable bonds is 5. The third kappa shape index (κ3) is 4.33. The summed E-state index contributed by atoms with van der Waals surface area (Å²) in [6, 6.07) is 29.7. The average molecular weight is 441 g/mol. The Labute approximate surface area is 189 Å². The molecule has 0 fully saturated rings. The molecule has 1 N–H and O–H groups in total. The number of anilines is 2. The van der Waals surface area contributed by atoms with Crippen LogP contribution in [0.3, 0.4) is 0 Å². The van der Waals surface area contributed by atoms with E-state index in [9.17, 15) is 0 Å². The zero-order valence-electron chi connectivity index (χ0n) is 16.4. The number of nitrogens with zero attached hydrogens (tertiary/aromatic N) is 3. The largest absolute Gasteiger partial charge is 0.339 e. The number of halogens is 1. The highest BCUT2D eigenvalue weighted by Gasteiger charge is 2.10. The highest BCUT2D eigenvalue weighted by Crippen LogP contribution is 2.33. The van der Waals surface area contributed by atoms with E-state index in [1.54, 1.807) is 11.3 Å². The van der Waals surface area contributed by atoms with Crippen molar-refractivity contribution in [2.45, 2.75) is 0 Å². The maximum atomic E-state index is 6.32. The summed E-state index contributed by atoms with van der Waals surface area (Å²) >= 11 is 7.91. The molecule has 150 valence electrons. The van der Waals surface area contributed by atoms with Crippen molar-refractivity contribution < 1.29 is 0 Å². The van der Waals surface area contributed by atoms with Crippen molar-refractivity contribution in [3.63, 3.8) is 0 Å². The molecular formula is C25H17ClN4S. The third-order valence-corrected chi connectivity index (χ3v) is 5.98. The molecule has 0 unspecified atom stereocenters. The maximum absolute atomic E-state index is 6.32. The summed E-state index contributed by atoms with van der Waals surface area (Å²) in [5.74, 6) is 0.687. The van der Waals surface area contributed by atoms with Gasteiger partial charge in [-0.25, -0.2) is 4.98 Å². The van der Waals surface area contributed by atoms with Crippen LogP contribution in [0.15, 0.2) is 96.4 Å². The minimum absolute atomic E-state index is 0.687. The minimum atomic E-state index is 0.687. The normalized spacial score (nSPS) is 10.7. The Morgan fingerprint density at radius 3 is 2.32 bits per heavy atom. The molecule has 3 aromatic carbocycles. The lowest BCUT2D eigenvalue weighted by Crippen LogP contribution is -1.96. The van der Waals surface area contributed by atoms with Crippen LogP contribution >= 0.6 is 22.9 Å². The molecule has 5 rings (SSSR count). The van der Waals surface area contributed by atoms with Gasteiger partial charge in [-0.2, -0.15) is 0 Å². The summed E-state index contributed by atoms with van der Waals surface area (Å²) in [6.07, 6.45) is 0. The zero-order valence-corrected chi connectivity index (χ0v) is 17.9. The van der Waals surface area contributed by atoms with Gasteiger partial charge >= 0.3 is 0 Å². The summed E-state index contributed by atoms with van der Waals surface area (Å²) < 4.78 is 0. The van der Waals surface area contributed by atoms with Crippen LogP contribution in [0.4, 0.5) is 11.5 Å². The van der Waals surface area contributed by atoms with Gasteiger partial charge in [-0.15, -0.1) is 21.5 Å². The number of nitrogens with one attached hydrogen (secondary N) is 1. The molecule has 4 nitrogen and oxygen atoms in total. The molecule has 31 heavy (non-hydrogen) atoms. The van der Waals surface area contributed by atoms with Crippen molar-refractivity contribution in [1.82, 2.24) is 15.2 Å². The molecule has 0 aliphatic carbocycles. The number of thiazole rings is 1. The molecule has 0 saturated heterocycles. The van der Waals surface area contributed by atoms with E-state index in [0.717, 1.165) is 38.8 Å². The van der Waals surface area contributed by atoms with Gasteiger partial charge in [-0.05, 0) is 30.3 Å². The molecule has 2 heterocycles. The van der Waals surface area contributed by atoms with Gasteiger partial charge in [-0.3, -0.25) is 0 Å². The van der Waals surface area contributed by atoms with Gasteiger partial charge in [-0.1, -0.05) is 72.3 Å². The Kier molecular flexibility index (Phi) is 5.44. The van der Waals surface area contributed by atoms with Crippen LogP contribution in [0.25, 0.3) is 33.1 Å². The van der Waals surface area contributed by atoms with Crippen LogP contribution in [-0.2, 0) is 0 Å². The average Bonchev–Trinajstić information content (AvgIpc) is 3.31. The SMILES string of the molecule is Clc1ccccc1-c1nc(-c2cccc(Nc3ccc(-c4ccccc4)nn3)c2)cs1. The molecular weight excluding hydrogens is 424 g/mol. The Hall–Kier alpha value is -3.54. The summed E-state index contributed by atoms with van der Waals surface area (Å²) in [7, 11) is 0. The van der Waals surface area contributed by atoms with Crippen LogP contribution in [0.2, 0.25) is 5.02 Å². The lowest BCUT2D eigenvalue weighted by atomic mass is 10.1. The minimum Gasteiger partial charge on any atom is -0.339 e. The molecule has 2 aromatic heterocycles. The van der Waals surface area contributed by atoms with E-state index in [1.807, 2.05) is 90.3 Å². The molecule has 0 spiro atoms. The third-order valence-electron chi connectivity index (χ3n) is 4.77. The Morgan fingerprint density at radius 2 is 1.52 bits per heavy atom. The lowest BCUT2D eigenvalue weighted by molar-refractivity contribution is 1.04. The Morgan fingerprint density at radius 1 is 0.710 bits per heavy atom. The molecule has 0 aliphatic heterocycles. The first-order valence-corrected chi connectivity index (χ1v) is 11.0. The first-order valence-electron chi connectivity index (χ1n) is 9.73. The fraction of sp³-hybridized carbons (Fsp3) is 0. The molecule has 0 atom stereocenters. The molecule has 6 heteroatoms. The van der Waals surface area contributed by atoms with E-state index in [0.29, 0.717) is 10.8 Å². The van der Waals surface area contributed by atoms with Crippen molar-refractivity contribution in [3.8, 4) is 33.1 Å². The predicted molar refractivity (Wildman–Crippen MR) is 129 cm³/mol. The number of hydrogen-bond donors (Lipinski definition) is 1. The molecule has 0 bridgehead atoms. The van der Waals surface area contributed by atoms with Crippen molar-refractivity contribution in [2.75, 3.05) is 5.32 Å². The van der Waals surface area contributed by atoms with Gasteiger partial charge in [0, 0.05) is 27.8 Å². The van der Waals surface area contributed by atoms with Crippen LogP contribution in [0.5, 0.6) is 0 Å². The molecule has 0 radical (unpaired) electrons. The van der Waals surface area contributed by atoms with Crippen molar-refractivity contribution in [1.29, 1.82) is 0 Å². The van der Waals surface area contributed by atoms with Crippen molar-refractivity contribution in [3.05, 3.63) is 101 Å². The van der Waals surface area contributed by atoms with Gasteiger partial charge in [0.15, 0.2) is 5.82 Å². The van der Waals surface area contributed by atoms with E-state index in [2.05, 4.69) is 21.6 Å². The zero-order chi connectivity index (χ0) is 21.0. The summed E-state index contributed by atoms with van der Waals surface area (Å²) in [6.45, 7) is 0. The van der Waals surface area contributed by atoms with E-state index in [1.165, 1.54) is 0 Å². The second-order valence-electron chi connectivity index (χ2n) is 6.89. The standard InChI is InChI=1S/C25H17ClN4S/c26-21-12-5-4-11-20(21)25-28-23(16-31-25)18-9-6-10-19(15-18)27-24-14-13-22(29-30-24)17-7-2-1-3-8-17/h1-16H,(H,27,30). The van der Waals surface area contributed by atoms with Crippen molar-refractivity contribution >= 4 is 34.4 Å². The van der Waals surface area contributed by atoms with E-state index in [-0.39, 0.29) is 0 Å². The second kappa shape index (κ2) is 8.68. The molecule has 0 amide bonds. The van der Waals surface area contributed by atoms with Gasteiger partial charge in [0.2, 0.25) is 0 Å². The number of hydrogen-bond acceptors (Lipinski definition) is 5. The summed E-state index contributed by atoms with van der Waals surface area (Å²) in [5.41, 5.74) is 5.69. The van der Waals surface area contributed by atoms with Gasteiger partial charge in [0.25, 0.3) is 0 Å². The smallest absolute Gasteiger partial charge is 0.153 e. The lowest BCUT2D eigenvalue weighted by Gasteiger charge is -2.07. The summed E-state index contributed by atoms with van der Waals surface area (Å²) in [4.78, 5) is 4.78.